The molecule has 0 heterocycles. The molecule has 0 radical (unpaired) electrons. The molecule has 0 aromatic rings. The molecule has 86 valence electrons. The van der Waals surface area contributed by atoms with Gasteiger partial charge in [-0.05, 0) is 12.5 Å². The Labute approximate surface area is 119 Å². The summed E-state index contributed by atoms with van der Waals surface area (Å²) in [7, 11) is 0. The Kier molecular flexibility index (Phi) is 7.65. The lowest BCUT2D eigenvalue weighted by molar-refractivity contribution is 0.801. The monoisotopic (exact) mass is 350 g/mol. The zero-order chi connectivity index (χ0) is 12.1. The zero-order valence-electron chi connectivity index (χ0n) is 8.06. The maximum absolute atomic E-state index is 6.08. The van der Waals surface area contributed by atoms with E-state index in [4.69, 9.17) is 46.4 Å². The van der Waals surface area contributed by atoms with Crippen LogP contribution in [0.5, 0.6) is 0 Å². The second-order valence-electron chi connectivity index (χ2n) is 3.03. The lowest BCUT2D eigenvalue weighted by Gasteiger charge is -2.20. The molecule has 3 atom stereocenters. The highest BCUT2D eigenvalue weighted by molar-refractivity contribution is 9.10. The summed E-state index contributed by atoms with van der Waals surface area (Å²) in [6.45, 7) is 5.39. The Morgan fingerprint density at radius 3 is 2.33 bits per heavy atom. The molecule has 0 aliphatic carbocycles. The van der Waals surface area contributed by atoms with Crippen molar-refractivity contribution in [2.45, 2.75) is 21.5 Å². The fourth-order valence-electron chi connectivity index (χ4n) is 0.653. The lowest BCUT2D eigenvalue weighted by atomic mass is 10.1. The van der Waals surface area contributed by atoms with Gasteiger partial charge in [0.1, 0.15) is 4.29 Å². The molecule has 0 fully saturated rings. The van der Waals surface area contributed by atoms with Crippen molar-refractivity contribution in [2.24, 2.45) is 0 Å². The van der Waals surface area contributed by atoms with Gasteiger partial charge in [0.05, 0.1) is 10.3 Å². The van der Waals surface area contributed by atoms with Gasteiger partial charge in [-0.1, -0.05) is 45.8 Å². The van der Waals surface area contributed by atoms with Crippen LogP contribution < -0.4 is 0 Å². The smallest absolute Gasteiger partial charge is 0.114 e. The van der Waals surface area contributed by atoms with Crippen LogP contribution in [0.25, 0.3) is 0 Å². The molecule has 5 heteroatoms. The largest absolute Gasteiger partial charge is 0.116 e. The SMILES string of the molecule is C=CC(C)(Cl)C(Cl)C=CC(=CCl)C(Cl)Br. The fraction of sp³-hybridized carbons (Fsp3) is 0.400. The van der Waals surface area contributed by atoms with E-state index in [-0.39, 0.29) is 9.66 Å². The number of halogens is 5. The first-order valence-electron chi connectivity index (χ1n) is 4.08. The average Bonchev–Trinajstić information content (AvgIpc) is 2.17. The second kappa shape index (κ2) is 7.24. The molecule has 0 amide bonds. The lowest BCUT2D eigenvalue weighted by Crippen LogP contribution is -2.24. The number of allylic oxidation sites excluding steroid dienone is 4. The molecule has 0 saturated carbocycles. The van der Waals surface area contributed by atoms with Crippen molar-refractivity contribution >= 4 is 62.3 Å². The molecule has 0 N–H and O–H groups in total. The number of alkyl halides is 4. The predicted octanol–water partition coefficient (Wildman–Crippen LogP) is 5.42. The van der Waals surface area contributed by atoms with Crippen LogP contribution in [-0.4, -0.2) is 14.5 Å². The number of rotatable bonds is 5. The Bertz CT molecular complexity index is 269. The van der Waals surface area contributed by atoms with Crippen molar-refractivity contribution < 1.29 is 0 Å². The number of hydrogen-bond donors (Lipinski definition) is 0. The molecule has 3 unspecified atom stereocenters. The molecule has 0 rings (SSSR count). The zero-order valence-corrected chi connectivity index (χ0v) is 12.7. The van der Waals surface area contributed by atoms with E-state index >= 15 is 0 Å². The van der Waals surface area contributed by atoms with E-state index in [0.29, 0.717) is 5.57 Å². The minimum Gasteiger partial charge on any atom is -0.116 e. The first-order chi connectivity index (χ1) is 6.85. The summed E-state index contributed by atoms with van der Waals surface area (Å²) in [5, 5.41) is -0.383. The van der Waals surface area contributed by atoms with Crippen LogP contribution in [0.2, 0.25) is 0 Å². The molecule has 15 heavy (non-hydrogen) atoms. The minimum absolute atomic E-state index is 0.347. The molecule has 0 aromatic heterocycles. The Morgan fingerprint density at radius 2 is 2.00 bits per heavy atom. The quantitative estimate of drug-likeness (QED) is 0.352. The van der Waals surface area contributed by atoms with Crippen LogP contribution in [0.3, 0.4) is 0 Å². The summed E-state index contributed by atoms with van der Waals surface area (Å²) >= 11 is 26.7. The van der Waals surface area contributed by atoms with Gasteiger partial charge < -0.3 is 0 Å². The fourth-order valence-corrected chi connectivity index (χ4v) is 1.72. The molecular formula is C10H11BrCl4. The third-order valence-electron chi connectivity index (χ3n) is 1.77. The average molecular weight is 353 g/mol. The van der Waals surface area contributed by atoms with E-state index in [1.807, 2.05) is 0 Å². The Morgan fingerprint density at radius 1 is 1.47 bits per heavy atom. The van der Waals surface area contributed by atoms with Gasteiger partial charge in [0, 0.05) is 5.54 Å². The van der Waals surface area contributed by atoms with Crippen LogP contribution in [-0.2, 0) is 0 Å². The van der Waals surface area contributed by atoms with Gasteiger partial charge in [0.25, 0.3) is 0 Å². The van der Waals surface area contributed by atoms with Crippen molar-refractivity contribution in [3.8, 4) is 0 Å². The van der Waals surface area contributed by atoms with Crippen LogP contribution in [0, 0.1) is 0 Å². The molecule has 0 aromatic carbocycles. The standard InChI is InChI=1S/C10H11BrCl4/c1-3-10(2,15)8(13)5-4-7(6-12)9(11)14/h3-6,8-9H,1H2,2H3. The third-order valence-corrected chi connectivity index (χ3v) is 3.91. The normalized spacial score (nSPS) is 21.1. The topological polar surface area (TPSA) is 0 Å². The molecular weight excluding hydrogens is 342 g/mol. The second-order valence-corrected chi connectivity index (χ2v) is 6.41. The van der Waals surface area contributed by atoms with E-state index in [1.54, 1.807) is 25.2 Å². The molecule has 0 aliphatic rings. The van der Waals surface area contributed by atoms with E-state index in [1.165, 1.54) is 5.54 Å². The van der Waals surface area contributed by atoms with E-state index < -0.39 is 4.87 Å². The van der Waals surface area contributed by atoms with Crippen LogP contribution >= 0.6 is 62.3 Å². The van der Waals surface area contributed by atoms with Gasteiger partial charge in [0.15, 0.2) is 0 Å². The highest BCUT2D eigenvalue weighted by Gasteiger charge is 2.24. The van der Waals surface area contributed by atoms with E-state index in [2.05, 4.69) is 22.5 Å². The third kappa shape index (κ3) is 5.65. The first kappa shape index (κ1) is 15.9. The number of hydrogen-bond acceptors (Lipinski definition) is 0. The Hall–Kier alpha value is 0.860. The van der Waals surface area contributed by atoms with Crippen LogP contribution in [0.15, 0.2) is 35.9 Å². The summed E-state index contributed by atoms with van der Waals surface area (Å²) in [5.74, 6) is 0. The highest BCUT2D eigenvalue weighted by Crippen LogP contribution is 2.27. The van der Waals surface area contributed by atoms with Crippen LogP contribution in [0.4, 0.5) is 0 Å². The summed E-state index contributed by atoms with van der Waals surface area (Å²) in [6.07, 6.45) is 5.04. The van der Waals surface area contributed by atoms with Gasteiger partial charge in [0.2, 0.25) is 0 Å². The summed E-state index contributed by atoms with van der Waals surface area (Å²) in [6, 6.07) is 0. The Balaban J connectivity index is 4.60. The van der Waals surface area contributed by atoms with Crippen molar-refractivity contribution in [1.29, 1.82) is 0 Å². The van der Waals surface area contributed by atoms with Crippen molar-refractivity contribution in [3.63, 3.8) is 0 Å². The summed E-state index contributed by atoms with van der Waals surface area (Å²) in [5.41, 5.74) is 2.09. The van der Waals surface area contributed by atoms with E-state index in [0.717, 1.165) is 0 Å². The van der Waals surface area contributed by atoms with Crippen molar-refractivity contribution in [1.82, 2.24) is 0 Å². The first-order valence-corrected chi connectivity index (χ1v) is 6.68. The van der Waals surface area contributed by atoms with Gasteiger partial charge in [-0.15, -0.1) is 41.4 Å². The summed E-state index contributed by atoms with van der Waals surface area (Å²) in [4.78, 5) is -0.691. The van der Waals surface area contributed by atoms with Gasteiger partial charge in [-0.2, -0.15) is 0 Å². The molecule has 0 bridgehead atoms. The van der Waals surface area contributed by atoms with Gasteiger partial charge in [-0.25, -0.2) is 0 Å². The molecule has 0 spiro atoms. The van der Waals surface area contributed by atoms with Crippen molar-refractivity contribution in [2.75, 3.05) is 0 Å². The van der Waals surface area contributed by atoms with Crippen molar-refractivity contribution in [3.05, 3.63) is 35.9 Å². The molecule has 0 aliphatic heterocycles. The molecule has 0 nitrogen and oxygen atoms in total. The highest BCUT2D eigenvalue weighted by atomic mass is 79.9. The van der Waals surface area contributed by atoms with Gasteiger partial charge in [-0.3, -0.25) is 0 Å². The summed E-state index contributed by atoms with van der Waals surface area (Å²) < 4.78 is -0.347. The van der Waals surface area contributed by atoms with Crippen LogP contribution in [0.1, 0.15) is 6.92 Å². The maximum atomic E-state index is 6.08. The van der Waals surface area contributed by atoms with E-state index in [9.17, 15) is 0 Å². The maximum Gasteiger partial charge on any atom is 0.114 e. The molecule has 0 saturated heterocycles. The predicted molar refractivity (Wildman–Crippen MR) is 75.7 cm³/mol. The minimum atomic E-state index is -0.691. The van der Waals surface area contributed by atoms with Gasteiger partial charge >= 0.3 is 0 Å².